The molecule has 0 aromatic heterocycles. The fraction of sp³-hybridized carbons (Fsp3) is 0.647. The lowest BCUT2D eigenvalue weighted by atomic mass is 10.0. The van der Waals surface area contributed by atoms with Gasteiger partial charge in [-0.15, -0.1) is 0 Å². The van der Waals surface area contributed by atoms with Crippen LogP contribution >= 0.6 is 0 Å². The van der Waals surface area contributed by atoms with Crippen molar-refractivity contribution in [3.63, 3.8) is 0 Å². The molecule has 0 amide bonds. The van der Waals surface area contributed by atoms with Gasteiger partial charge in [-0.2, -0.15) is 0 Å². The molecule has 0 aliphatic rings. The maximum Gasteiger partial charge on any atom is 0.0374 e. The summed E-state index contributed by atoms with van der Waals surface area (Å²) in [5.74, 6) is 1.29. The summed E-state index contributed by atoms with van der Waals surface area (Å²) in [6.07, 6.45) is 2.15. The van der Waals surface area contributed by atoms with E-state index < -0.39 is 0 Å². The Labute approximate surface area is 120 Å². The molecule has 0 saturated heterocycles. The molecule has 1 N–H and O–H groups in total. The molecule has 0 aliphatic carbocycles. The van der Waals surface area contributed by atoms with Crippen LogP contribution in [0.3, 0.4) is 0 Å². The van der Waals surface area contributed by atoms with E-state index in [2.05, 4.69) is 57.6 Å². The summed E-state index contributed by atoms with van der Waals surface area (Å²) in [7, 11) is 1.93. The molecule has 0 heterocycles. The Morgan fingerprint density at radius 3 is 2.05 bits per heavy atom. The lowest BCUT2D eigenvalue weighted by Gasteiger charge is -2.31. The van der Waals surface area contributed by atoms with Gasteiger partial charge in [0.25, 0.3) is 0 Å². The number of nitrogens with zero attached hydrogens (tertiary/aromatic N) is 1. The van der Waals surface area contributed by atoms with E-state index in [0.29, 0.717) is 11.8 Å². The second-order valence-corrected chi connectivity index (χ2v) is 6.08. The van der Waals surface area contributed by atoms with Gasteiger partial charge in [-0.3, -0.25) is 0 Å². The first kappa shape index (κ1) is 18.0. The van der Waals surface area contributed by atoms with Gasteiger partial charge in [0.05, 0.1) is 0 Å². The average Bonchev–Trinajstić information content (AvgIpc) is 2.27. The summed E-state index contributed by atoms with van der Waals surface area (Å²) in [6, 6.07) is 0. The van der Waals surface area contributed by atoms with Crippen LogP contribution in [-0.4, -0.2) is 25.0 Å². The minimum Gasteiger partial charge on any atom is -0.346 e. The Morgan fingerprint density at radius 2 is 1.63 bits per heavy atom. The highest BCUT2D eigenvalue weighted by Gasteiger charge is 2.15. The van der Waals surface area contributed by atoms with Crippen molar-refractivity contribution in [2.24, 2.45) is 11.8 Å². The van der Waals surface area contributed by atoms with E-state index in [1.54, 1.807) is 0 Å². The molecular formula is C17H32N2. The lowest BCUT2D eigenvalue weighted by Crippen LogP contribution is -2.27. The first-order chi connectivity index (χ1) is 8.79. The van der Waals surface area contributed by atoms with Crippen molar-refractivity contribution in [3.05, 3.63) is 36.7 Å². The fourth-order valence-electron chi connectivity index (χ4n) is 1.96. The van der Waals surface area contributed by atoms with Gasteiger partial charge >= 0.3 is 0 Å². The third-order valence-electron chi connectivity index (χ3n) is 3.08. The number of hydrogen-bond donors (Lipinski definition) is 1. The van der Waals surface area contributed by atoms with Gasteiger partial charge in [-0.25, -0.2) is 0 Å². The molecule has 2 nitrogen and oxygen atoms in total. The minimum absolute atomic E-state index is 0.611. The van der Waals surface area contributed by atoms with Crippen molar-refractivity contribution >= 4 is 0 Å². The Hall–Kier alpha value is -1.02. The van der Waals surface area contributed by atoms with Gasteiger partial charge in [0.2, 0.25) is 0 Å². The highest BCUT2D eigenvalue weighted by atomic mass is 15.1. The summed E-state index contributed by atoms with van der Waals surface area (Å²) >= 11 is 0. The Bertz CT molecular complexity index is 313. The van der Waals surface area contributed by atoms with E-state index in [-0.39, 0.29) is 0 Å². The van der Waals surface area contributed by atoms with Crippen molar-refractivity contribution in [3.8, 4) is 0 Å². The first-order valence-electron chi connectivity index (χ1n) is 7.26. The van der Waals surface area contributed by atoms with Gasteiger partial charge in [-0.1, -0.05) is 47.4 Å². The third kappa shape index (κ3) is 7.22. The summed E-state index contributed by atoms with van der Waals surface area (Å²) < 4.78 is 0. The molecule has 0 bridgehead atoms. The molecule has 0 aliphatic heterocycles. The quantitative estimate of drug-likeness (QED) is 0.595. The van der Waals surface area contributed by atoms with Crippen LogP contribution in [0.2, 0.25) is 0 Å². The fourth-order valence-corrected chi connectivity index (χ4v) is 1.96. The lowest BCUT2D eigenvalue weighted by molar-refractivity contribution is 0.366. The third-order valence-corrected chi connectivity index (χ3v) is 3.08. The second-order valence-electron chi connectivity index (χ2n) is 6.08. The predicted octanol–water partition coefficient (Wildman–Crippen LogP) is 4.18. The molecule has 0 fully saturated rings. The van der Waals surface area contributed by atoms with Crippen LogP contribution in [0.15, 0.2) is 36.7 Å². The van der Waals surface area contributed by atoms with Crippen LogP contribution in [0.1, 0.15) is 40.5 Å². The maximum atomic E-state index is 4.24. The summed E-state index contributed by atoms with van der Waals surface area (Å²) in [4.78, 5) is 2.25. The normalized spacial score (nSPS) is 10.9. The van der Waals surface area contributed by atoms with Crippen molar-refractivity contribution in [1.82, 2.24) is 10.2 Å². The van der Waals surface area contributed by atoms with Crippen LogP contribution in [0.4, 0.5) is 0 Å². The highest BCUT2D eigenvalue weighted by molar-refractivity contribution is 5.28. The van der Waals surface area contributed by atoms with Gasteiger partial charge in [0, 0.05) is 24.5 Å². The molecule has 0 aromatic rings. The molecule has 0 atom stereocenters. The summed E-state index contributed by atoms with van der Waals surface area (Å²) in [6.45, 7) is 23.2. The van der Waals surface area contributed by atoms with E-state index in [1.807, 2.05) is 7.05 Å². The molecule has 0 unspecified atom stereocenters. The minimum atomic E-state index is 0.611. The molecule has 0 radical (unpaired) electrons. The first-order valence-corrected chi connectivity index (χ1v) is 7.26. The molecule has 19 heavy (non-hydrogen) atoms. The molecular weight excluding hydrogens is 232 g/mol. The monoisotopic (exact) mass is 264 g/mol. The summed E-state index contributed by atoms with van der Waals surface area (Å²) in [5, 5.41) is 3.13. The van der Waals surface area contributed by atoms with Gasteiger partial charge in [0.15, 0.2) is 0 Å². The smallest absolute Gasteiger partial charge is 0.0374 e. The van der Waals surface area contributed by atoms with Crippen molar-refractivity contribution < 1.29 is 0 Å². The van der Waals surface area contributed by atoms with Crippen LogP contribution in [0.25, 0.3) is 0 Å². The number of hydrogen-bond acceptors (Lipinski definition) is 2. The number of likely N-dealkylation sites (N-methyl/N-ethyl adjacent to an activating group) is 1. The zero-order valence-corrected chi connectivity index (χ0v) is 13.6. The zero-order valence-electron chi connectivity index (χ0n) is 13.6. The molecule has 0 spiro atoms. The maximum absolute atomic E-state index is 4.24. The summed E-state index contributed by atoms with van der Waals surface area (Å²) in [5.41, 5.74) is 3.19. The Kier molecular flexibility index (Phi) is 8.49. The highest BCUT2D eigenvalue weighted by Crippen LogP contribution is 2.22. The molecule has 0 rings (SSSR count). The van der Waals surface area contributed by atoms with Gasteiger partial charge in [0.1, 0.15) is 0 Å². The molecule has 2 heteroatoms. The second kappa shape index (κ2) is 8.98. The Morgan fingerprint density at radius 1 is 1.05 bits per heavy atom. The van der Waals surface area contributed by atoms with Gasteiger partial charge < -0.3 is 10.2 Å². The van der Waals surface area contributed by atoms with Crippen LogP contribution in [0, 0.1) is 11.8 Å². The van der Waals surface area contributed by atoms with E-state index >= 15 is 0 Å². The van der Waals surface area contributed by atoms with Crippen LogP contribution in [-0.2, 0) is 0 Å². The van der Waals surface area contributed by atoms with Crippen LogP contribution < -0.4 is 5.32 Å². The van der Waals surface area contributed by atoms with E-state index in [1.165, 1.54) is 0 Å². The van der Waals surface area contributed by atoms with Crippen LogP contribution in [0.5, 0.6) is 0 Å². The van der Waals surface area contributed by atoms with E-state index in [4.69, 9.17) is 0 Å². The number of rotatable bonds is 10. The van der Waals surface area contributed by atoms with Crippen molar-refractivity contribution in [1.29, 1.82) is 0 Å². The number of nitrogens with one attached hydrogen (secondary N) is 1. The standard InChI is InChI=1S/C17H32N2/c1-13(2)9-10-19(16(6)11-14(3)4)17(7)15(5)12-18-8/h13-14,18H,5-7,9-12H2,1-4,8H3. The largest absolute Gasteiger partial charge is 0.346 e. The molecule has 0 aromatic carbocycles. The van der Waals surface area contributed by atoms with Crippen molar-refractivity contribution in [2.45, 2.75) is 40.5 Å². The topological polar surface area (TPSA) is 15.3 Å². The van der Waals surface area contributed by atoms with Crippen molar-refractivity contribution in [2.75, 3.05) is 20.1 Å². The molecule has 110 valence electrons. The SMILES string of the molecule is C=C(CNC)C(=C)N(CCC(C)C)C(=C)CC(C)C. The molecule has 0 saturated carbocycles. The van der Waals surface area contributed by atoms with E-state index in [9.17, 15) is 0 Å². The number of allylic oxidation sites excluding steroid dienone is 1. The van der Waals surface area contributed by atoms with E-state index in [0.717, 1.165) is 42.9 Å². The van der Waals surface area contributed by atoms with Gasteiger partial charge in [-0.05, 0) is 37.3 Å². The Balaban J connectivity index is 4.78. The predicted molar refractivity (Wildman–Crippen MR) is 87.0 cm³/mol. The zero-order chi connectivity index (χ0) is 15.0. The average molecular weight is 264 g/mol.